The molecule has 0 aromatic heterocycles. The summed E-state index contributed by atoms with van der Waals surface area (Å²) in [6, 6.07) is 15.1. The molecule has 1 fully saturated rings. The number of ether oxygens (including phenoxy) is 1. The summed E-state index contributed by atoms with van der Waals surface area (Å²) in [5.74, 6) is 0.403. The summed E-state index contributed by atoms with van der Waals surface area (Å²) in [5, 5.41) is 10.0. The minimum Gasteiger partial charge on any atom is -0.489 e. The summed E-state index contributed by atoms with van der Waals surface area (Å²) in [6.07, 6.45) is 4.68. The second-order valence-electron chi connectivity index (χ2n) is 11.1. The number of carboxylic acids is 1. The summed E-state index contributed by atoms with van der Waals surface area (Å²) in [6.45, 7) is 11.4. The molecule has 0 amide bonds. The molecule has 1 N–H and O–H groups in total. The smallest absolute Gasteiger partial charge is 0.309 e. The van der Waals surface area contributed by atoms with Crippen molar-refractivity contribution in [2.24, 2.45) is 11.3 Å². The van der Waals surface area contributed by atoms with Crippen molar-refractivity contribution in [1.82, 2.24) is 0 Å². The van der Waals surface area contributed by atoms with Gasteiger partial charge < -0.3 is 9.84 Å². The molecule has 3 heteroatoms. The van der Waals surface area contributed by atoms with Gasteiger partial charge in [-0.1, -0.05) is 64.4 Å². The Kier molecular flexibility index (Phi) is 5.44. The van der Waals surface area contributed by atoms with Crippen LogP contribution in [0.2, 0.25) is 0 Å². The van der Waals surface area contributed by atoms with Gasteiger partial charge in [0.2, 0.25) is 0 Å². The standard InChI is InChI=1S/C28H36O3/c1-26(2,3)21-11-7-19(8-12-21)18-31-22-13-9-20-10-14-24-27(4,23(20)17-22)15-6-16-28(24,5)25(29)30/h7-9,11-13,17,24H,6,10,14-16,18H2,1-5H3,(H,29,30)/t24-,27-,28+/m1/s1. The van der Waals surface area contributed by atoms with Crippen LogP contribution in [0.1, 0.15) is 82.6 Å². The molecule has 3 nitrogen and oxygen atoms in total. The largest absolute Gasteiger partial charge is 0.489 e. The lowest BCUT2D eigenvalue weighted by atomic mass is 9.50. The van der Waals surface area contributed by atoms with Crippen molar-refractivity contribution in [3.63, 3.8) is 0 Å². The van der Waals surface area contributed by atoms with Gasteiger partial charge in [0.05, 0.1) is 5.41 Å². The zero-order valence-corrected chi connectivity index (χ0v) is 19.6. The van der Waals surface area contributed by atoms with E-state index in [9.17, 15) is 9.90 Å². The Morgan fingerprint density at radius 3 is 2.45 bits per heavy atom. The van der Waals surface area contributed by atoms with Crippen molar-refractivity contribution in [2.45, 2.75) is 84.2 Å². The average molecular weight is 421 g/mol. The molecule has 2 aliphatic carbocycles. The van der Waals surface area contributed by atoms with Gasteiger partial charge in [-0.25, -0.2) is 0 Å². The second-order valence-corrected chi connectivity index (χ2v) is 11.1. The molecule has 0 radical (unpaired) electrons. The molecule has 0 bridgehead atoms. The van der Waals surface area contributed by atoms with Crippen LogP contribution < -0.4 is 4.74 Å². The number of aryl methyl sites for hydroxylation is 1. The van der Waals surface area contributed by atoms with Gasteiger partial charge in [-0.05, 0) is 83.7 Å². The summed E-state index contributed by atoms with van der Waals surface area (Å²) < 4.78 is 6.19. The number of fused-ring (bicyclic) bond motifs is 3. The molecule has 2 aromatic carbocycles. The molecule has 166 valence electrons. The predicted octanol–water partition coefficient (Wildman–Crippen LogP) is 6.66. The monoisotopic (exact) mass is 420 g/mol. The fraction of sp³-hybridized carbons (Fsp3) is 0.536. The van der Waals surface area contributed by atoms with Crippen molar-refractivity contribution >= 4 is 5.97 Å². The highest BCUT2D eigenvalue weighted by molar-refractivity contribution is 5.75. The third-order valence-corrected chi connectivity index (χ3v) is 8.04. The Labute approximate surface area is 186 Å². The summed E-state index contributed by atoms with van der Waals surface area (Å²) in [5.41, 5.74) is 4.54. The molecule has 0 spiro atoms. The summed E-state index contributed by atoms with van der Waals surface area (Å²) in [4.78, 5) is 12.2. The van der Waals surface area contributed by atoms with E-state index in [0.29, 0.717) is 6.61 Å². The number of hydrogen-bond acceptors (Lipinski definition) is 2. The van der Waals surface area contributed by atoms with Crippen LogP contribution in [0.15, 0.2) is 42.5 Å². The van der Waals surface area contributed by atoms with Gasteiger partial charge in [-0.15, -0.1) is 0 Å². The van der Waals surface area contributed by atoms with Gasteiger partial charge in [-0.2, -0.15) is 0 Å². The van der Waals surface area contributed by atoms with Crippen molar-refractivity contribution in [3.05, 3.63) is 64.7 Å². The number of hydrogen-bond donors (Lipinski definition) is 1. The van der Waals surface area contributed by atoms with Gasteiger partial charge in [-0.3, -0.25) is 4.79 Å². The van der Waals surface area contributed by atoms with E-state index in [2.05, 4.69) is 70.2 Å². The first-order valence-electron chi connectivity index (χ1n) is 11.6. The minimum absolute atomic E-state index is 0.104. The lowest BCUT2D eigenvalue weighted by molar-refractivity contribution is -0.157. The van der Waals surface area contributed by atoms with Crippen molar-refractivity contribution < 1.29 is 14.6 Å². The molecule has 4 rings (SSSR count). The van der Waals surface area contributed by atoms with Crippen molar-refractivity contribution in [3.8, 4) is 5.75 Å². The lowest BCUT2D eigenvalue weighted by Gasteiger charge is -2.53. The van der Waals surface area contributed by atoms with E-state index in [1.807, 2.05) is 6.92 Å². The third-order valence-electron chi connectivity index (χ3n) is 8.04. The fourth-order valence-corrected chi connectivity index (χ4v) is 6.05. The highest BCUT2D eigenvalue weighted by Crippen LogP contribution is 2.57. The number of carbonyl (C=O) groups is 1. The number of rotatable bonds is 4. The topological polar surface area (TPSA) is 46.5 Å². The second kappa shape index (κ2) is 7.69. The number of carboxylic acid groups (broad SMARTS) is 1. The maximum absolute atomic E-state index is 12.2. The molecular formula is C28H36O3. The quantitative estimate of drug-likeness (QED) is 0.602. The SMILES string of the molecule is CC(C)(C)c1ccc(COc2ccc3c(c2)[C@@]2(C)CCC[C@](C)(C(=O)O)[C@@H]2CC3)cc1. The first-order valence-corrected chi connectivity index (χ1v) is 11.6. The Morgan fingerprint density at radius 1 is 1.10 bits per heavy atom. The van der Waals surface area contributed by atoms with Crippen LogP contribution >= 0.6 is 0 Å². The number of aliphatic carboxylic acids is 1. The van der Waals surface area contributed by atoms with Crippen molar-refractivity contribution in [2.75, 3.05) is 0 Å². The van der Waals surface area contributed by atoms with Gasteiger partial charge >= 0.3 is 5.97 Å². The van der Waals surface area contributed by atoms with E-state index in [0.717, 1.165) is 43.4 Å². The van der Waals surface area contributed by atoms with E-state index in [-0.39, 0.29) is 16.7 Å². The third kappa shape index (κ3) is 3.88. The Hall–Kier alpha value is -2.29. The molecule has 2 aliphatic rings. The van der Waals surface area contributed by atoms with Gasteiger partial charge in [0, 0.05) is 0 Å². The van der Waals surface area contributed by atoms with Crippen LogP contribution in [0.4, 0.5) is 0 Å². The highest BCUT2D eigenvalue weighted by atomic mass is 16.5. The predicted molar refractivity (Wildman–Crippen MR) is 125 cm³/mol. The van der Waals surface area contributed by atoms with Crippen LogP contribution in [-0.2, 0) is 28.7 Å². The first-order chi connectivity index (χ1) is 14.5. The van der Waals surface area contributed by atoms with Gasteiger partial charge in [0.25, 0.3) is 0 Å². The molecule has 1 saturated carbocycles. The zero-order valence-electron chi connectivity index (χ0n) is 19.6. The van der Waals surface area contributed by atoms with E-state index < -0.39 is 11.4 Å². The Bertz CT molecular complexity index is 969. The molecule has 31 heavy (non-hydrogen) atoms. The summed E-state index contributed by atoms with van der Waals surface area (Å²) >= 11 is 0. The lowest BCUT2D eigenvalue weighted by Crippen LogP contribution is -2.52. The normalized spacial score (nSPS) is 27.8. The van der Waals surface area contributed by atoms with Crippen molar-refractivity contribution in [1.29, 1.82) is 0 Å². The number of benzene rings is 2. The Morgan fingerprint density at radius 2 is 1.81 bits per heavy atom. The van der Waals surface area contributed by atoms with E-state index >= 15 is 0 Å². The van der Waals surface area contributed by atoms with E-state index in [4.69, 9.17) is 4.74 Å². The van der Waals surface area contributed by atoms with Gasteiger partial charge in [0.15, 0.2) is 0 Å². The van der Waals surface area contributed by atoms with Crippen LogP contribution in [0.3, 0.4) is 0 Å². The van der Waals surface area contributed by atoms with E-state index in [1.54, 1.807) is 0 Å². The minimum atomic E-state index is -0.643. The maximum atomic E-state index is 12.2. The van der Waals surface area contributed by atoms with Crippen LogP contribution in [0.25, 0.3) is 0 Å². The zero-order chi connectivity index (χ0) is 22.4. The average Bonchev–Trinajstić information content (AvgIpc) is 2.72. The molecule has 0 unspecified atom stereocenters. The summed E-state index contributed by atoms with van der Waals surface area (Å²) in [7, 11) is 0. The van der Waals surface area contributed by atoms with Crippen LogP contribution in [-0.4, -0.2) is 11.1 Å². The molecule has 2 aromatic rings. The van der Waals surface area contributed by atoms with Crippen LogP contribution in [0.5, 0.6) is 5.75 Å². The Balaban J connectivity index is 1.56. The molecule has 0 heterocycles. The first kappa shape index (κ1) is 21.9. The van der Waals surface area contributed by atoms with Gasteiger partial charge in [0.1, 0.15) is 12.4 Å². The molecule has 3 atom stereocenters. The highest BCUT2D eigenvalue weighted by Gasteiger charge is 2.55. The maximum Gasteiger partial charge on any atom is 0.309 e. The molecular weight excluding hydrogens is 384 g/mol. The van der Waals surface area contributed by atoms with E-state index in [1.165, 1.54) is 16.7 Å². The molecule has 0 saturated heterocycles. The van der Waals surface area contributed by atoms with Crippen LogP contribution in [0, 0.1) is 11.3 Å². The molecule has 0 aliphatic heterocycles. The fourth-order valence-electron chi connectivity index (χ4n) is 6.05.